The van der Waals surface area contributed by atoms with E-state index in [4.69, 9.17) is 4.52 Å². The van der Waals surface area contributed by atoms with Crippen molar-refractivity contribution in [1.29, 1.82) is 0 Å². The first-order chi connectivity index (χ1) is 14.0. The van der Waals surface area contributed by atoms with Crippen LogP contribution in [0.5, 0.6) is 0 Å². The van der Waals surface area contributed by atoms with Crippen molar-refractivity contribution in [1.82, 2.24) is 19.9 Å². The first kappa shape index (κ1) is 19.5. The molecule has 0 bridgehead atoms. The molecule has 3 heterocycles. The second-order valence-electron chi connectivity index (χ2n) is 7.87. The molecule has 1 aromatic carbocycles. The van der Waals surface area contributed by atoms with E-state index in [2.05, 4.69) is 10.1 Å². The quantitative estimate of drug-likeness (QED) is 0.792. The zero-order valence-corrected chi connectivity index (χ0v) is 16.5. The molecule has 2 fully saturated rings. The van der Waals surface area contributed by atoms with Gasteiger partial charge in [0.1, 0.15) is 5.82 Å². The Labute approximate surface area is 168 Å². The first-order valence-corrected chi connectivity index (χ1v) is 10.1. The molecular weight excluding hydrogens is 375 g/mol. The molecule has 1 unspecified atom stereocenters. The largest absolute Gasteiger partial charge is 0.343 e. The van der Waals surface area contributed by atoms with Crippen molar-refractivity contribution in [2.45, 2.75) is 38.5 Å². The smallest absolute Gasteiger partial charge is 0.231 e. The van der Waals surface area contributed by atoms with E-state index in [1.54, 1.807) is 24.0 Å². The van der Waals surface area contributed by atoms with E-state index in [1.807, 2.05) is 4.90 Å². The van der Waals surface area contributed by atoms with Crippen LogP contribution in [0.4, 0.5) is 4.39 Å². The van der Waals surface area contributed by atoms with Gasteiger partial charge >= 0.3 is 0 Å². The van der Waals surface area contributed by atoms with Crippen LogP contribution in [0, 0.1) is 11.7 Å². The average molecular weight is 400 g/mol. The van der Waals surface area contributed by atoms with Crippen LogP contribution in [0.1, 0.15) is 44.4 Å². The lowest BCUT2D eigenvalue weighted by Crippen LogP contribution is -2.46. The Hall–Kier alpha value is -2.77. The summed E-state index contributed by atoms with van der Waals surface area (Å²) in [7, 11) is 0. The SMILES string of the molecule is CC(=O)N1CCC(C(=O)N2CCCC(c3nc(-c4ccc(F)cc4)no3)C2)CC1. The summed E-state index contributed by atoms with van der Waals surface area (Å²) in [5.74, 6) is 0.855. The van der Waals surface area contributed by atoms with Crippen LogP contribution in [0.25, 0.3) is 11.4 Å². The number of carbonyl (C=O) groups is 2. The monoisotopic (exact) mass is 400 g/mol. The van der Waals surface area contributed by atoms with Crippen molar-refractivity contribution < 1.29 is 18.5 Å². The topological polar surface area (TPSA) is 79.5 Å². The van der Waals surface area contributed by atoms with E-state index in [0.717, 1.165) is 32.2 Å². The summed E-state index contributed by atoms with van der Waals surface area (Å²) < 4.78 is 18.6. The standard InChI is InChI=1S/C21H25FN4O3/c1-14(27)25-11-8-16(9-12-25)21(28)26-10-2-3-17(13-26)20-23-19(24-29-20)15-4-6-18(22)7-5-15/h4-7,16-17H,2-3,8-13H2,1H3. The van der Waals surface area contributed by atoms with Gasteiger partial charge in [0.25, 0.3) is 0 Å². The van der Waals surface area contributed by atoms with Crippen LogP contribution in [0.15, 0.2) is 28.8 Å². The van der Waals surface area contributed by atoms with Crippen molar-refractivity contribution in [3.63, 3.8) is 0 Å². The van der Waals surface area contributed by atoms with Gasteiger partial charge in [-0.05, 0) is 49.9 Å². The van der Waals surface area contributed by atoms with Gasteiger partial charge in [-0.15, -0.1) is 0 Å². The summed E-state index contributed by atoms with van der Waals surface area (Å²) in [6.45, 7) is 4.17. The predicted octanol–water partition coefficient (Wildman–Crippen LogP) is 2.84. The summed E-state index contributed by atoms with van der Waals surface area (Å²) in [5, 5.41) is 4.03. The number of amides is 2. The number of nitrogens with zero attached hydrogens (tertiary/aromatic N) is 4. The Morgan fingerprint density at radius 2 is 1.79 bits per heavy atom. The van der Waals surface area contributed by atoms with Gasteiger partial charge in [-0.3, -0.25) is 9.59 Å². The second kappa shape index (κ2) is 8.31. The molecule has 2 aliphatic rings. The number of hydrogen-bond donors (Lipinski definition) is 0. The molecule has 0 N–H and O–H groups in total. The number of piperidine rings is 2. The lowest BCUT2D eigenvalue weighted by atomic mass is 9.92. The van der Waals surface area contributed by atoms with Gasteiger partial charge in [-0.1, -0.05) is 5.16 Å². The summed E-state index contributed by atoms with van der Waals surface area (Å²) in [6, 6.07) is 5.97. The van der Waals surface area contributed by atoms with Crippen molar-refractivity contribution >= 4 is 11.8 Å². The minimum Gasteiger partial charge on any atom is -0.343 e. The maximum Gasteiger partial charge on any atom is 0.231 e. The summed E-state index contributed by atoms with van der Waals surface area (Å²) in [5.41, 5.74) is 0.697. The molecule has 2 amide bonds. The molecule has 1 atom stereocenters. The van der Waals surface area contributed by atoms with Crippen molar-refractivity contribution in [2.24, 2.45) is 5.92 Å². The number of likely N-dealkylation sites (tertiary alicyclic amines) is 2. The van der Waals surface area contributed by atoms with E-state index in [9.17, 15) is 14.0 Å². The third-order valence-corrected chi connectivity index (χ3v) is 5.92. The Balaban J connectivity index is 1.39. The third kappa shape index (κ3) is 4.31. The lowest BCUT2D eigenvalue weighted by molar-refractivity contribution is -0.141. The fourth-order valence-corrected chi connectivity index (χ4v) is 4.20. The van der Waals surface area contributed by atoms with Crippen LogP contribution >= 0.6 is 0 Å². The normalized spacial score (nSPS) is 20.7. The van der Waals surface area contributed by atoms with E-state index < -0.39 is 0 Å². The second-order valence-corrected chi connectivity index (χ2v) is 7.87. The number of carbonyl (C=O) groups excluding carboxylic acids is 2. The van der Waals surface area contributed by atoms with Gasteiger partial charge in [0.15, 0.2) is 0 Å². The molecule has 0 radical (unpaired) electrons. The van der Waals surface area contributed by atoms with Gasteiger partial charge < -0.3 is 14.3 Å². The molecule has 1 aromatic heterocycles. The molecule has 0 aliphatic carbocycles. The molecule has 7 nitrogen and oxygen atoms in total. The number of aromatic nitrogens is 2. The van der Waals surface area contributed by atoms with Crippen LogP contribution in [-0.4, -0.2) is 57.9 Å². The lowest BCUT2D eigenvalue weighted by Gasteiger charge is -2.36. The molecule has 0 saturated carbocycles. The number of halogens is 1. The van der Waals surface area contributed by atoms with Gasteiger partial charge in [0, 0.05) is 44.6 Å². The van der Waals surface area contributed by atoms with E-state index in [1.165, 1.54) is 12.1 Å². The highest BCUT2D eigenvalue weighted by Crippen LogP contribution is 2.30. The van der Waals surface area contributed by atoms with Gasteiger partial charge in [-0.2, -0.15) is 4.98 Å². The minimum absolute atomic E-state index is 0.00621. The number of benzene rings is 1. The number of hydrogen-bond acceptors (Lipinski definition) is 5. The van der Waals surface area contributed by atoms with Crippen LogP contribution in [0.3, 0.4) is 0 Å². The highest BCUT2D eigenvalue weighted by molar-refractivity contribution is 5.80. The van der Waals surface area contributed by atoms with Crippen molar-refractivity contribution in [3.8, 4) is 11.4 Å². The molecule has 2 saturated heterocycles. The van der Waals surface area contributed by atoms with E-state index >= 15 is 0 Å². The molecule has 154 valence electrons. The maximum absolute atomic E-state index is 13.1. The Kier molecular flexibility index (Phi) is 5.60. The summed E-state index contributed by atoms with van der Waals surface area (Å²) in [4.78, 5) is 32.7. The average Bonchev–Trinajstić information content (AvgIpc) is 3.24. The fourth-order valence-electron chi connectivity index (χ4n) is 4.20. The van der Waals surface area contributed by atoms with Gasteiger partial charge in [0.2, 0.25) is 23.5 Å². The predicted molar refractivity (Wildman–Crippen MR) is 103 cm³/mol. The number of rotatable bonds is 3. The van der Waals surface area contributed by atoms with Crippen molar-refractivity contribution in [2.75, 3.05) is 26.2 Å². The molecule has 8 heteroatoms. The molecular formula is C21H25FN4O3. The Morgan fingerprint density at radius 3 is 2.48 bits per heavy atom. The van der Waals surface area contributed by atoms with E-state index in [-0.39, 0.29) is 29.5 Å². The van der Waals surface area contributed by atoms with E-state index in [0.29, 0.717) is 36.9 Å². The molecule has 4 rings (SSSR count). The fraction of sp³-hybridized carbons (Fsp3) is 0.524. The molecule has 2 aromatic rings. The highest BCUT2D eigenvalue weighted by atomic mass is 19.1. The van der Waals surface area contributed by atoms with Crippen molar-refractivity contribution in [3.05, 3.63) is 36.0 Å². The Bertz CT molecular complexity index is 874. The van der Waals surface area contributed by atoms with Crippen LogP contribution in [-0.2, 0) is 9.59 Å². The molecule has 0 spiro atoms. The molecule has 29 heavy (non-hydrogen) atoms. The minimum atomic E-state index is -0.312. The zero-order valence-electron chi connectivity index (χ0n) is 16.5. The highest BCUT2D eigenvalue weighted by Gasteiger charge is 2.33. The van der Waals surface area contributed by atoms with Crippen LogP contribution in [0.2, 0.25) is 0 Å². The van der Waals surface area contributed by atoms with Crippen LogP contribution < -0.4 is 0 Å². The Morgan fingerprint density at radius 1 is 1.07 bits per heavy atom. The van der Waals surface area contributed by atoms with Gasteiger partial charge in [-0.25, -0.2) is 4.39 Å². The van der Waals surface area contributed by atoms with Gasteiger partial charge in [0.05, 0.1) is 5.92 Å². The molecule has 2 aliphatic heterocycles. The maximum atomic E-state index is 13.1. The zero-order chi connectivity index (χ0) is 20.4. The summed E-state index contributed by atoms with van der Waals surface area (Å²) >= 11 is 0. The summed E-state index contributed by atoms with van der Waals surface area (Å²) in [6.07, 6.45) is 3.21. The third-order valence-electron chi connectivity index (χ3n) is 5.92. The first-order valence-electron chi connectivity index (χ1n) is 10.1.